The van der Waals surface area contributed by atoms with E-state index >= 15 is 0 Å². The summed E-state index contributed by atoms with van der Waals surface area (Å²) < 4.78 is 5.31. The van der Waals surface area contributed by atoms with E-state index in [0.29, 0.717) is 12.5 Å². The summed E-state index contributed by atoms with van der Waals surface area (Å²) in [5.41, 5.74) is 2.00. The number of imide groups is 1. The van der Waals surface area contributed by atoms with Crippen molar-refractivity contribution in [2.75, 3.05) is 7.11 Å². The van der Waals surface area contributed by atoms with Crippen LogP contribution in [0.15, 0.2) is 30.4 Å². The first kappa shape index (κ1) is 13.3. The first-order valence-corrected chi connectivity index (χ1v) is 6.23. The molecule has 0 unspecified atom stereocenters. The van der Waals surface area contributed by atoms with Crippen LogP contribution in [0, 0.1) is 0 Å². The number of ether oxygens (including phenoxy) is 1. The third-order valence-electron chi connectivity index (χ3n) is 3.16. The lowest BCUT2D eigenvalue weighted by molar-refractivity contribution is -0.137. The molecule has 0 aliphatic carbocycles. The standard InChI is InChI=1S/C15H17NO3/c1-10(2)12-8-11(4-5-13(12)19-3)9-16-14(17)6-7-15(16)18/h4-8,10H,9H2,1-3H3. The molecule has 1 aromatic rings. The van der Waals surface area contributed by atoms with Crippen LogP contribution < -0.4 is 4.74 Å². The van der Waals surface area contributed by atoms with Crippen LogP contribution in [0.5, 0.6) is 5.75 Å². The maximum atomic E-state index is 11.5. The van der Waals surface area contributed by atoms with Gasteiger partial charge >= 0.3 is 0 Å². The molecule has 1 heterocycles. The zero-order chi connectivity index (χ0) is 14.0. The molecule has 19 heavy (non-hydrogen) atoms. The Labute approximate surface area is 112 Å². The van der Waals surface area contributed by atoms with Gasteiger partial charge in [-0.25, -0.2) is 0 Å². The molecule has 0 N–H and O–H groups in total. The first-order valence-electron chi connectivity index (χ1n) is 6.23. The van der Waals surface area contributed by atoms with Crippen molar-refractivity contribution in [3.05, 3.63) is 41.5 Å². The smallest absolute Gasteiger partial charge is 0.253 e. The topological polar surface area (TPSA) is 46.6 Å². The normalized spacial score (nSPS) is 14.6. The molecular weight excluding hydrogens is 242 g/mol. The van der Waals surface area contributed by atoms with E-state index in [9.17, 15) is 9.59 Å². The molecule has 100 valence electrons. The van der Waals surface area contributed by atoms with Gasteiger partial charge in [-0.05, 0) is 23.1 Å². The highest BCUT2D eigenvalue weighted by Gasteiger charge is 2.23. The molecule has 0 radical (unpaired) electrons. The van der Waals surface area contributed by atoms with Gasteiger partial charge in [0.05, 0.1) is 13.7 Å². The van der Waals surface area contributed by atoms with Gasteiger partial charge in [0, 0.05) is 12.2 Å². The molecule has 0 aromatic heterocycles. The maximum Gasteiger partial charge on any atom is 0.253 e. The molecule has 1 aliphatic heterocycles. The molecule has 4 nitrogen and oxygen atoms in total. The zero-order valence-electron chi connectivity index (χ0n) is 11.3. The van der Waals surface area contributed by atoms with E-state index in [1.165, 1.54) is 17.1 Å². The summed E-state index contributed by atoms with van der Waals surface area (Å²) in [5.74, 6) is 0.632. The Bertz CT molecular complexity index is 528. The predicted octanol–water partition coefficient (Wildman–Crippen LogP) is 2.24. The van der Waals surface area contributed by atoms with Gasteiger partial charge < -0.3 is 4.74 Å². The number of benzene rings is 1. The summed E-state index contributed by atoms with van der Waals surface area (Å²) in [6, 6.07) is 5.75. The Morgan fingerprint density at radius 2 is 1.79 bits per heavy atom. The van der Waals surface area contributed by atoms with Gasteiger partial charge in [-0.15, -0.1) is 0 Å². The van der Waals surface area contributed by atoms with E-state index in [1.54, 1.807) is 7.11 Å². The highest BCUT2D eigenvalue weighted by Crippen LogP contribution is 2.28. The van der Waals surface area contributed by atoms with Crippen LogP contribution in [0.4, 0.5) is 0 Å². The predicted molar refractivity (Wildman–Crippen MR) is 71.8 cm³/mol. The van der Waals surface area contributed by atoms with Crippen LogP contribution in [0.2, 0.25) is 0 Å². The van der Waals surface area contributed by atoms with Crippen LogP contribution in [0.1, 0.15) is 30.9 Å². The number of rotatable bonds is 4. The molecule has 0 bridgehead atoms. The second-order valence-corrected chi connectivity index (χ2v) is 4.83. The number of carbonyl (C=O) groups is 2. The highest BCUT2D eigenvalue weighted by atomic mass is 16.5. The lowest BCUT2D eigenvalue weighted by Gasteiger charge is -2.17. The average molecular weight is 259 g/mol. The summed E-state index contributed by atoms with van der Waals surface area (Å²) >= 11 is 0. The van der Waals surface area contributed by atoms with Crippen molar-refractivity contribution < 1.29 is 14.3 Å². The fourth-order valence-electron chi connectivity index (χ4n) is 2.10. The van der Waals surface area contributed by atoms with Crippen molar-refractivity contribution in [3.8, 4) is 5.75 Å². The van der Waals surface area contributed by atoms with Crippen molar-refractivity contribution >= 4 is 11.8 Å². The van der Waals surface area contributed by atoms with E-state index in [0.717, 1.165) is 16.9 Å². The lowest BCUT2D eigenvalue weighted by atomic mass is 9.99. The Morgan fingerprint density at radius 1 is 1.16 bits per heavy atom. The van der Waals surface area contributed by atoms with Gasteiger partial charge in [0.1, 0.15) is 5.75 Å². The monoisotopic (exact) mass is 259 g/mol. The summed E-state index contributed by atoms with van der Waals surface area (Å²) in [5, 5.41) is 0. The largest absolute Gasteiger partial charge is 0.496 e. The Hall–Kier alpha value is -2.10. The van der Waals surface area contributed by atoms with Crippen LogP contribution in [0.25, 0.3) is 0 Å². The van der Waals surface area contributed by atoms with E-state index in [2.05, 4.69) is 13.8 Å². The number of methoxy groups -OCH3 is 1. The van der Waals surface area contributed by atoms with Gasteiger partial charge in [0.25, 0.3) is 11.8 Å². The van der Waals surface area contributed by atoms with E-state index in [-0.39, 0.29) is 11.8 Å². The molecule has 4 heteroatoms. The van der Waals surface area contributed by atoms with Crippen molar-refractivity contribution in [2.24, 2.45) is 0 Å². The van der Waals surface area contributed by atoms with Crippen LogP contribution >= 0.6 is 0 Å². The number of hydrogen-bond donors (Lipinski definition) is 0. The Balaban J connectivity index is 2.24. The quantitative estimate of drug-likeness (QED) is 0.779. The van der Waals surface area contributed by atoms with Gasteiger partial charge in [-0.2, -0.15) is 0 Å². The molecule has 2 amide bonds. The molecule has 2 rings (SSSR count). The molecular formula is C15H17NO3. The average Bonchev–Trinajstić information content (AvgIpc) is 2.70. The minimum Gasteiger partial charge on any atom is -0.496 e. The van der Waals surface area contributed by atoms with E-state index in [1.807, 2.05) is 18.2 Å². The highest BCUT2D eigenvalue weighted by molar-refractivity contribution is 6.12. The molecule has 0 atom stereocenters. The van der Waals surface area contributed by atoms with Gasteiger partial charge in [-0.3, -0.25) is 14.5 Å². The fourth-order valence-corrected chi connectivity index (χ4v) is 2.10. The summed E-state index contributed by atoms with van der Waals surface area (Å²) in [7, 11) is 1.64. The summed E-state index contributed by atoms with van der Waals surface area (Å²) in [6.07, 6.45) is 2.60. The first-order chi connectivity index (χ1) is 9.02. The Morgan fingerprint density at radius 3 is 2.32 bits per heavy atom. The van der Waals surface area contributed by atoms with Gasteiger partial charge in [0.15, 0.2) is 0 Å². The summed E-state index contributed by atoms with van der Waals surface area (Å²) in [6.45, 7) is 4.46. The molecule has 1 aliphatic rings. The second-order valence-electron chi connectivity index (χ2n) is 4.83. The van der Waals surface area contributed by atoms with Crippen LogP contribution in [0.3, 0.4) is 0 Å². The fraction of sp³-hybridized carbons (Fsp3) is 0.333. The van der Waals surface area contributed by atoms with Gasteiger partial charge in [-0.1, -0.05) is 26.0 Å². The van der Waals surface area contributed by atoms with E-state index in [4.69, 9.17) is 4.74 Å². The third kappa shape index (κ3) is 2.67. The zero-order valence-corrected chi connectivity index (χ0v) is 11.3. The molecule has 1 aromatic carbocycles. The van der Waals surface area contributed by atoms with Crippen molar-refractivity contribution in [3.63, 3.8) is 0 Å². The lowest BCUT2D eigenvalue weighted by Crippen LogP contribution is -2.29. The third-order valence-corrected chi connectivity index (χ3v) is 3.16. The number of nitrogens with zero attached hydrogens (tertiary/aromatic N) is 1. The Kier molecular flexibility index (Phi) is 3.69. The minimum absolute atomic E-state index is 0.257. The maximum absolute atomic E-state index is 11.5. The number of hydrogen-bond acceptors (Lipinski definition) is 3. The van der Waals surface area contributed by atoms with Crippen LogP contribution in [-0.4, -0.2) is 23.8 Å². The minimum atomic E-state index is -0.257. The van der Waals surface area contributed by atoms with Crippen molar-refractivity contribution in [1.82, 2.24) is 4.90 Å². The number of amides is 2. The number of carbonyl (C=O) groups excluding carboxylic acids is 2. The van der Waals surface area contributed by atoms with Gasteiger partial charge in [0.2, 0.25) is 0 Å². The van der Waals surface area contributed by atoms with E-state index < -0.39 is 0 Å². The SMILES string of the molecule is COc1ccc(CN2C(=O)C=CC2=O)cc1C(C)C. The van der Waals surface area contributed by atoms with Crippen molar-refractivity contribution in [2.45, 2.75) is 26.3 Å². The second kappa shape index (κ2) is 5.26. The van der Waals surface area contributed by atoms with Crippen molar-refractivity contribution in [1.29, 1.82) is 0 Å². The van der Waals surface area contributed by atoms with Crippen LogP contribution in [-0.2, 0) is 16.1 Å². The molecule has 0 saturated heterocycles. The molecule has 0 saturated carbocycles. The summed E-state index contributed by atoms with van der Waals surface area (Å²) in [4.78, 5) is 24.3. The molecule has 0 spiro atoms. The molecule has 0 fully saturated rings.